The van der Waals surface area contributed by atoms with Crippen molar-refractivity contribution in [3.63, 3.8) is 0 Å². The SMILES string of the molecule is CCC=C(C)COC1CCCCC1OCC(C)=CCC. The number of hydrogen-bond donors (Lipinski definition) is 0. The van der Waals surface area contributed by atoms with E-state index in [-0.39, 0.29) is 12.2 Å². The van der Waals surface area contributed by atoms with Gasteiger partial charge in [-0.2, -0.15) is 0 Å². The molecule has 20 heavy (non-hydrogen) atoms. The molecule has 1 fully saturated rings. The van der Waals surface area contributed by atoms with Crippen molar-refractivity contribution in [2.45, 2.75) is 78.4 Å². The normalized spacial score (nSPS) is 25.0. The van der Waals surface area contributed by atoms with Crippen molar-refractivity contribution in [1.29, 1.82) is 0 Å². The number of hydrogen-bond acceptors (Lipinski definition) is 2. The van der Waals surface area contributed by atoms with Crippen LogP contribution in [0.4, 0.5) is 0 Å². The average molecular weight is 280 g/mol. The van der Waals surface area contributed by atoms with Gasteiger partial charge in [0.25, 0.3) is 0 Å². The van der Waals surface area contributed by atoms with Crippen LogP contribution in [-0.2, 0) is 9.47 Å². The van der Waals surface area contributed by atoms with Gasteiger partial charge in [-0.1, -0.05) is 50.0 Å². The van der Waals surface area contributed by atoms with Crippen LogP contribution in [-0.4, -0.2) is 25.4 Å². The van der Waals surface area contributed by atoms with E-state index in [0.717, 1.165) is 38.9 Å². The van der Waals surface area contributed by atoms with E-state index >= 15 is 0 Å². The van der Waals surface area contributed by atoms with E-state index in [4.69, 9.17) is 9.47 Å². The van der Waals surface area contributed by atoms with Gasteiger partial charge in [-0.3, -0.25) is 0 Å². The van der Waals surface area contributed by atoms with Gasteiger partial charge in [0, 0.05) is 0 Å². The zero-order valence-corrected chi connectivity index (χ0v) is 13.8. The Kier molecular flexibility index (Phi) is 8.88. The summed E-state index contributed by atoms with van der Waals surface area (Å²) < 4.78 is 12.2. The molecule has 0 aromatic rings. The predicted octanol–water partition coefficient (Wildman–Crippen LogP) is 5.04. The molecule has 0 bridgehead atoms. The first-order valence-electron chi connectivity index (χ1n) is 8.21. The summed E-state index contributed by atoms with van der Waals surface area (Å²) in [6.07, 6.45) is 12.0. The molecule has 2 atom stereocenters. The Bertz CT molecular complexity index is 285. The van der Waals surface area contributed by atoms with Gasteiger partial charge >= 0.3 is 0 Å². The summed E-state index contributed by atoms with van der Waals surface area (Å²) in [7, 11) is 0. The lowest BCUT2D eigenvalue weighted by Crippen LogP contribution is -2.35. The van der Waals surface area contributed by atoms with Crippen molar-refractivity contribution in [2.75, 3.05) is 13.2 Å². The first-order chi connectivity index (χ1) is 9.67. The van der Waals surface area contributed by atoms with Gasteiger partial charge in [0.05, 0.1) is 25.4 Å². The summed E-state index contributed by atoms with van der Waals surface area (Å²) in [5, 5.41) is 0. The van der Waals surface area contributed by atoms with Crippen molar-refractivity contribution in [2.24, 2.45) is 0 Å². The highest BCUT2D eigenvalue weighted by Gasteiger charge is 2.26. The molecule has 1 saturated carbocycles. The molecule has 2 unspecified atom stereocenters. The van der Waals surface area contributed by atoms with Crippen molar-refractivity contribution in [3.8, 4) is 0 Å². The van der Waals surface area contributed by atoms with Crippen LogP contribution in [0.1, 0.15) is 66.2 Å². The third kappa shape index (κ3) is 6.71. The second-order valence-corrected chi connectivity index (χ2v) is 5.90. The van der Waals surface area contributed by atoms with Crippen LogP contribution < -0.4 is 0 Å². The fourth-order valence-electron chi connectivity index (χ4n) is 2.74. The molecule has 2 nitrogen and oxygen atoms in total. The topological polar surface area (TPSA) is 18.5 Å². The minimum atomic E-state index is 0.276. The maximum atomic E-state index is 6.09. The van der Waals surface area contributed by atoms with Crippen LogP contribution in [0.3, 0.4) is 0 Å². The van der Waals surface area contributed by atoms with Gasteiger partial charge in [-0.05, 0) is 39.5 Å². The molecule has 1 aliphatic rings. The molecule has 0 amide bonds. The van der Waals surface area contributed by atoms with E-state index in [1.165, 1.54) is 24.0 Å². The van der Waals surface area contributed by atoms with Crippen molar-refractivity contribution >= 4 is 0 Å². The maximum absolute atomic E-state index is 6.09. The lowest BCUT2D eigenvalue weighted by Gasteiger charge is -2.31. The number of rotatable bonds is 8. The second kappa shape index (κ2) is 10.2. The fourth-order valence-corrected chi connectivity index (χ4v) is 2.74. The summed E-state index contributed by atoms with van der Waals surface area (Å²) in [6.45, 7) is 10.1. The predicted molar refractivity (Wildman–Crippen MR) is 86.0 cm³/mol. The molecule has 0 aromatic heterocycles. The van der Waals surface area contributed by atoms with Gasteiger partial charge < -0.3 is 9.47 Å². The van der Waals surface area contributed by atoms with E-state index in [1.54, 1.807) is 0 Å². The van der Waals surface area contributed by atoms with Crippen LogP contribution in [0.5, 0.6) is 0 Å². The Hall–Kier alpha value is -0.600. The van der Waals surface area contributed by atoms with Gasteiger partial charge in [0.2, 0.25) is 0 Å². The van der Waals surface area contributed by atoms with E-state index in [1.807, 2.05) is 0 Å². The largest absolute Gasteiger partial charge is 0.371 e. The van der Waals surface area contributed by atoms with Gasteiger partial charge in [0.15, 0.2) is 0 Å². The van der Waals surface area contributed by atoms with Crippen LogP contribution in [0.15, 0.2) is 23.3 Å². The highest BCUT2D eigenvalue weighted by molar-refractivity contribution is 4.99. The second-order valence-electron chi connectivity index (χ2n) is 5.90. The van der Waals surface area contributed by atoms with E-state index < -0.39 is 0 Å². The number of ether oxygens (including phenoxy) is 2. The van der Waals surface area contributed by atoms with Gasteiger partial charge in [-0.25, -0.2) is 0 Å². The smallest absolute Gasteiger partial charge is 0.0841 e. The lowest BCUT2D eigenvalue weighted by molar-refractivity contribution is -0.0812. The van der Waals surface area contributed by atoms with Crippen molar-refractivity contribution < 1.29 is 9.47 Å². The lowest BCUT2D eigenvalue weighted by atomic mass is 9.94. The highest BCUT2D eigenvalue weighted by atomic mass is 16.5. The van der Waals surface area contributed by atoms with Crippen molar-refractivity contribution in [1.82, 2.24) is 0 Å². The van der Waals surface area contributed by atoms with Crippen LogP contribution in [0.25, 0.3) is 0 Å². The maximum Gasteiger partial charge on any atom is 0.0841 e. The molecule has 0 spiro atoms. The zero-order chi connectivity index (χ0) is 14.8. The summed E-state index contributed by atoms with van der Waals surface area (Å²) in [4.78, 5) is 0. The molecule has 0 aliphatic heterocycles. The zero-order valence-electron chi connectivity index (χ0n) is 13.8. The van der Waals surface area contributed by atoms with Gasteiger partial charge in [0.1, 0.15) is 0 Å². The molecule has 0 N–H and O–H groups in total. The Balaban J connectivity index is 2.41. The summed E-state index contributed by atoms with van der Waals surface area (Å²) in [5.74, 6) is 0. The van der Waals surface area contributed by atoms with Crippen molar-refractivity contribution in [3.05, 3.63) is 23.3 Å². The Labute approximate surface area is 125 Å². The monoisotopic (exact) mass is 280 g/mol. The molecule has 1 rings (SSSR count). The van der Waals surface area contributed by atoms with Crippen LogP contribution in [0.2, 0.25) is 0 Å². The van der Waals surface area contributed by atoms with Crippen LogP contribution >= 0.6 is 0 Å². The molecular weight excluding hydrogens is 248 g/mol. The third-order valence-electron chi connectivity index (χ3n) is 3.80. The standard InChI is InChI=1S/C18H32O2/c1-5-9-15(3)13-19-17-11-7-8-12-18(17)20-14-16(4)10-6-2/h9-10,17-18H,5-8,11-14H2,1-4H3. The number of allylic oxidation sites excluding steroid dienone is 2. The van der Waals surface area contributed by atoms with Gasteiger partial charge in [-0.15, -0.1) is 0 Å². The molecule has 0 saturated heterocycles. The minimum absolute atomic E-state index is 0.276. The van der Waals surface area contributed by atoms with Crippen LogP contribution in [0, 0.1) is 0 Å². The molecule has 1 aliphatic carbocycles. The molecule has 0 heterocycles. The van der Waals surface area contributed by atoms with E-state index in [0.29, 0.717) is 0 Å². The Morgan fingerprint density at radius 3 is 1.60 bits per heavy atom. The molecule has 0 aromatic carbocycles. The average Bonchev–Trinajstić information content (AvgIpc) is 2.44. The molecule has 116 valence electrons. The fraction of sp³-hybridized carbons (Fsp3) is 0.778. The Morgan fingerprint density at radius 1 is 0.850 bits per heavy atom. The minimum Gasteiger partial charge on any atom is -0.371 e. The summed E-state index contributed by atoms with van der Waals surface area (Å²) >= 11 is 0. The van der Waals surface area contributed by atoms with E-state index in [2.05, 4.69) is 39.8 Å². The molecule has 2 heteroatoms. The highest BCUT2D eigenvalue weighted by Crippen LogP contribution is 2.24. The summed E-state index contributed by atoms with van der Waals surface area (Å²) in [6, 6.07) is 0. The third-order valence-corrected chi connectivity index (χ3v) is 3.80. The summed E-state index contributed by atoms with van der Waals surface area (Å²) in [5.41, 5.74) is 2.66. The first kappa shape index (κ1) is 17.5. The quantitative estimate of drug-likeness (QED) is 0.580. The first-order valence-corrected chi connectivity index (χ1v) is 8.21. The molecular formula is C18H32O2. The van der Waals surface area contributed by atoms with E-state index in [9.17, 15) is 0 Å². The molecule has 0 radical (unpaired) electrons. The Morgan fingerprint density at radius 2 is 1.25 bits per heavy atom.